The average molecular weight is 905 g/mol. The summed E-state index contributed by atoms with van der Waals surface area (Å²) in [6.07, 6.45) is 22.6. The summed E-state index contributed by atoms with van der Waals surface area (Å²) in [5.41, 5.74) is 0. The molecular weight excluding hydrogens is 813 g/mol. The molecule has 14 nitrogen and oxygen atoms in total. The van der Waals surface area contributed by atoms with Gasteiger partial charge in [0.05, 0.1) is 26.4 Å². The van der Waals surface area contributed by atoms with Crippen LogP contribution in [0.1, 0.15) is 194 Å². The van der Waals surface area contributed by atoms with E-state index < -0.39 is 86.7 Å². The third kappa shape index (κ3) is 26.0. The first-order chi connectivity index (χ1) is 30.6. The number of aliphatic hydroxyl groups is 7. The molecular formula is C49H92O14. The molecule has 0 spiro atoms. The lowest BCUT2D eigenvalue weighted by Crippen LogP contribution is -2.61. The van der Waals surface area contributed by atoms with Crippen molar-refractivity contribution >= 4 is 5.97 Å². The van der Waals surface area contributed by atoms with Crippen LogP contribution in [0.5, 0.6) is 0 Å². The summed E-state index contributed by atoms with van der Waals surface area (Å²) >= 11 is 0. The third-order valence-corrected chi connectivity index (χ3v) is 12.3. The van der Waals surface area contributed by atoms with Gasteiger partial charge in [-0.2, -0.15) is 0 Å². The summed E-state index contributed by atoms with van der Waals surface area (Å²) in [6, 6.07) is 0. The summed E-state index contributed by atoms with van der Waals surface area (Å²) in [5.74, 6) is -0.398. The van der Waals surface area contributed by atoms with Crippen molar-refractivity contribution < 1.29 is 69.0 Å². The van der Waals surface area contributed by atoms with Crippen molar-refractivity contribution in [2.45, 2.75) is 261 Å². The monoisotopic (exact) mass is 905 g/mol. The first-order valence-corrected chi connectivity index (χ1v) is 25.3. The summed E-state index contributed by atoms with van der Waals surface area (Å²) in [6.45, 7) is 3.52. The van der Waals surface area contributed by atoms with Crippen LogP contribution in [0.3, 0.4) is 0 Å². The number of allylic oxidation sites excluding steroid dienone is 2. The molecule has 0 aromatic rings. The Kier molecular flexibility index (Phi) is 34.7. The van der Waals surface area contributed by atoms with Gasteiger partial charge in [-0.3, -0.25) is 4.79 Å². The van der Waals surface area contributed by atoms with E-state index in [0.717, 1.165) is 32.1 Å². The highest BCUT2D eigenvalue weighted by molar-refractivity contribution is 5.69. The predicted octanol–water partition coefficient (Wildman–Crippen LogP) is 7.07. The Balaban J connectivity index is 1.56. The largest absolute Gasteiger partial charge is 0.457 e. The molecule has 0 saturated carbocycles. The van der Waals surface area contributed by atoms with Gasteiger partial charge in [0.1, 0.15) is 54.9 Å². The molecule has 0 aliphatic carbocycles. The standard InChI is InChI=1S/C49H92O14/c1-3-5-7-8-9-10-11-12-13-14-15-16-17-18-19-20-21-22-23-24-25-26-27-28-29-31-33-58-35-38(61-41(51)32-30-6-4-2)36-59-48-47(57)45(55)43(53)40(63-48)37-60-49-46(56)44(54)42(52)39(34-50)62-49/h14-15,38-40,42-50,52-57H,3-13,16-37H2,1-2H3/b15-14-. The van der Waals surface area contributed by atoms with Gasteiger partial charge >= 0.3 is 5.97 Å². The number of rotatable bonds is 40. The first kappa shape index (κ1) is 57.9. The second kappa shape index (κ2) is 37.8. The summed E-state index contributed by atoms with van der Waals surface area (Å²) in [5, 5.41) is 71.6. The van der Waals surface area contributed by atoms with E-state index in [0.29, 0.717) is 13.0 Å². The van der Waals surface area contributed by atoms with Crippen molar-refractivity contribution in [1.82, 2.24) is 0 Å². The van der Waals surface area contributed by atoms with Crippen LogP contribution in [0.25, 0.3) is 0 Å². The highest BCUT2D eigenvalue weighted by Gasteiger charge is 2.47. The molecule has 2 rings (SSSR count). The number of ether oxygens (including phenoxy) is 6. The zero-order valence-corrected chi connectivity index (χ0v) is 39.3. The average Bonchev–Trinajstić information content (AvgIpc) is 3.28. The normalized spacial score (nSPS) is 27.0. The van der Waals surface area contributed by atoms with E-state index in [2.05, 4.69) is 19.1 Å². The van der Waals surface area contributed by atoms with Crippen LogP contribution < -0.4 is 0 Å². The Bertz CT molecular complexity index is 1100. The van der Waals surface area contributed by atoms with E-state index in [-0.39, 0.29) is 19.6 Å². The van der Waals surface area contributed by atoms with Gasteiger partial charge in [0.25, 0.3) is 0 Å². The molecule has 0 amide bonds. The van der Waals surface area contributed by atoms with Crippen molar-refractivity contribution in [2.75, 3.05) is 33.0 Å². The van der Waals surface area contributed by atoms with Gasteiger partial charge in [-0.05, 0) is 38.5 Å². The molecule has 372 valence electrons. The van der Waals surface area contributed by atoms with Crippen LogP contribution in [-0.4, -0.2) is 142 Å². The predicted molar refractivity (Wildman–Crippen MR) is 243 cm³/mol. The Morgan fingerprint density at radius 3 is 1.44 bits per heavy atom. The Morgan fingerprint density at radius 1 is 0.508 bits per heavy atom. The maximum atomic E-state index is 12.6. The topological polar surface area (TPSA) is 214 Å². The smallest absolute Gasteiger partial charge is 0.306 e. The van der Waals surface area contributed by atoms with Gasteiger partial charge in [0, 0.05) is 13.0 Å². The number of hydrogen-bond acceptors (Lipinski definition) is 14. The highest BCUT2D eigenvalue weighted by Crippen LogP contribution is 2.26. The molecule has 2 aliphatic heterocycles. The zero-order chi connectivity index (χ0) is 45.9. The summed E-state index contributed by atoms with van der Waals surface area (Å²) in [4.78, 5) is 12.6. The summed E-state index contributed by atoms with van der Waals surface area (Å²) < 4.78 is 33.9. The van der Waals surface area contributed by atoms with Gasteiger partial charge in [-0.1, -0.05) is 161 Å². The lowest BCUT2D eigenvalue weighted by Gasteiger charge is -2.42. The quantitative estimate of drug-likeness (QED) is 0.0186. The molecule has 2 saturated heterocycles. The molecule has 2 heterocycles. The Labute approximate surface area is 380 Å². The van der Waals surface area contributed by atoms with Gasteiger partial charge < -0.3 is 64.2 Å². The van der Waals surface area contributed by atoms with E-state index in [9.17, 15) is 40.5 Å². The van der Waals surface area contributed by atoms with Crippen molar-refractivity contribution in [3.05, 3.63) is 12.2 Å². The van der Waals surface area contributed by atoms with Crippen LogP contribution in [0, 0.1) is 0 Å². The van der Waals surface area contributed by atoms with Gasteiger partial charge in [-0.25, -0.2) is 0 Å². The third-order valence-electron chi connectivity index (χ3n) is 12.3. The van der Waals surface area contributed by atoms with E-state index in [1.54, 1.807) is 0 Å². The van der Waals surface area contributed by atoms with Crippen LogP contribution in [0.15, 0.2) is 12.2 Å². The van der Waals surface area contributed by atoms with Crippen molar-refractivity contribution in [3.8, 4) is 0 Å². The minimum atomic E-state index is -1.70. The maximum absolute atomic E-state index is 12.6. The fraction of sp³-hybridized carbons (Fsp3) is 0.939. The molecule has 14 heteroatoms. The molecule has 11 atom stereocenters. The van der Waals surface area contributed by atoms with E-state index in [1.165, 1.54) is 135 Å². The Hall–Kier alpha value is -1.27. The van der Waals surface area contributed by atoms with Crippen LogP contribution in [0.2, 0.25) is 0 Å². The maximum Gasteiger partial charge on any atom is 0.306 e. The molecule has 63 heavy (non-hydrogen) atoms. The SMILES string of the molecule is CCCCCCCCCC/C=C\CCCCCCCCCCCCCCCCOCC(COC1OC(COC2OC(CO)C(O)C(O)C2O)C(O)C(O)C1O)OC(=O)CCCCC. The number of aliphatic hydroxyl groups excluding tert-OH is 7. The molecule has 0 radical (unpaired) electrons. The molecule has 11 unspecified atom stereocenters. The fourth-order valence-electron chi connectivity index (χ4n) is 8.10. The minimum absolute atomic E-state index is 0.0634. The van der Waals surface area contributed by atoms with Crippen molar-refractivity contribution in [3.63, 3.8) is 0 Å². The second-order valence-corrected chi connectivity index (χ2v) is 18.0. The molecule has 7 N–H and O–H groups in total. The van der Waals surface area contributed by atoms with Crippen molar-refractivity contribution in [1.29, 1.82) is 0 Å². The number of unbranched alkanes of at least 4 members (excludes halogenated alkanes) is 24. The lowest BCUT2D eigenvalue weighted by atomic mass is 9.98. The van der Waals surface area contributed by atoms with E-state index >= 15 is 0 Å². The second-order valence-electron chi connectivity index (χ2n) is 18.0. The van der Waals surface area contributed by atoms with Crippen LogP contribution in [0.4, 0.5) is 0 Å². The van der Waals surface area contributed by atoms with Gasteiger partial charge in [0.15, 0.2) is 12.6 Å². The first-order valence-electron chi connectivity index (χ1n) is 25.3. The highest BCUT2D eigenvalue weighted by atomic mass is 16.7. The van der Waals surface area contributed by atoms with E-state index in [4.69, 9.17) is 28.4 Å². The molecule has 0 aromatic heterocycles. The fourth-order valence-corrected chi connectivity index (χ4v) is 8.10. The molecule has 2 aliphatic rings. The van der Waals surface area contributed by atoms with E-state index in [1.807, 2.05) is 6.92 Å². The van der Waals surface area contributed by atoms with Crippen molar-refractivity contribution in [2.24, 2.45) is 0 Å². The lowest BCUT2D eigenvalue weighted by molar-refractivity contribution is -0.332. The van der Waals surface area contributed by atoms with Crippen LogP contribution in [-0.2, 0) is 33.2 Å². The molecule has 0 aromatic carbocycles. The minimum Gasteiger partial charge on any atom is -0.457 e. The number of esters is 1. The number of hydrogen-bond donors (Lipinski definition) is 7. The summed E-state index contributed by atoms with van der Waals surface area (Å²) in [7, 11) is 0. The van der Waals surface area contributed by atoms with Crippen LogP contribution >= 0.6 is 0 Å². The zero-order valence-electron chi connectivity index (χ0n) is 39.3. The molecule has 0 bridgehead atoms. The van der Waals surface area contributed by atoms with Gasteiger partial charge in [0.2, 0.25) is 0 Å². The van der Waals surface area contributed by atoms with Gasteiger partial charge in [-0.15, -0.1) is 0 Å². The Morgan fingerprint density at radius 2 is 0.937 bits per heavy atom. The number of carbonyl (C=O) groups excluding carboxylic acids is 1. The molecule has 2 fully saturated rings. The number of carbonyl (C=O) groups is 1.